The Kier molecular flexibility index (Phi) is 4.75. The highest BCUT2D eigenvalue weighted by Crippen LogP contribution is 2.52. The van der Waals surface area contributed by atoms with Gasteiger partial charge in [0.1, 0.15) is 5.76 Å². The molecule has 1 unspecified atom stereocenters. The minimum atomic E-state index is 0.235. The van der Waals surface area contributed by atoms with Crippen molar-refractivity contribution in [2.75, 3.05) is 19.6 Å². The quantitative estimate of drug-likeness (QED) is 0.819. The van der Waals surface area contributed by atoms with Gasteiger partial charge in [0, 0.05) is 13.0 Å². The zero-order chi connectivity index (χ0) is 19.0. The van der Waals surface area contributed by atoms with Gasteiger partial charge in [-0.1, -0.05) is 24.3 Å². The molecule has 1 aromatic carbocycles. The maximum absolute atomic E-state index is 12.5. The SMILES string of the molecule is O=C(CC1CC2(CCN(Cc3ccco3)CC2)c2ccccc21)NCC1CC1. The van der Waals surface area contributed by atoms with E-state index in [0.29, 0.717) is 12.3 Å². The summed E-state index contributed by atoms with van der Waals surface area (Å²) < 4.78 is 5.53. The number of fused-ring (bicyclic) bond motifs is 2. The van der Waals surface area contributed by atoms with Crippen molar-refractivity contribution in [1.82, 2.24) is 10.2 Å². The molecule has 0 bridgehead atoms. The maximum Gasteiger partial charge on any atom is 0.220 e. The monoisotopic (exact) mass is 378 g/mol. The maximum atomic E-state index is 12.5. The summed E-state index contributed by atoms with van der Waals surface area (Å²) in [5.74, 6) is 2.39. The molecule has 148 valence electrons. The summed E-state index contributed by atoms with van der Waals surface area (Å²) in [6.07, 6.45) is 8.43. The van der Waals surface area contributed by atoms with Crippen molar-refractivity contribution in [1.29, 1.82) is 0 Å². The van der Waals surface area contributed by atoms with Gasteiger partial charge in [0.25, 0.3) is 0 Å². The van der Waals surface area contributed by atoms with E-state index in [4.69, 9.17) is 4.42 Å². The van der Waals surface area contributed by atoms with Crippen molar-refractivity contribution >= 4 is 5.91 Å². The molecule has 4 heteroatoms. The Balaban J connectivity index is 1.26. The first-order valence-electron chi connectivity index (χ1n) is 10.8. The molecule has 2 aliphatic carbocycles. The van der Waals surface area contributed by atoms with Crippen LogP contribution in [0, 0.1) is 5.92 Å². The molecule has 3 aliphatic rings. The van der Waals surface area contributed by atoms with Gasteiger partial charge in [-0.25, -0.2) is 0 Å². The number of nitrogens with one attached hydrogen (secondary N) is 1. The van der Waals surface area contributed by atoms with E-state index in [2.05, 4.69) is 40.5 Å². The number of carbonyl (C=O) groups excluding carboxylic acids is 1. The Labute approximate surface area is 167 Å². The zero-order valence-electron chi connectivity index (χ0n) is 16.5. The van der Waals surface area contributed by atoms with Crippen molar-refractivity contribution in [2.45, 2.75) is 56.4 Å². The zero-order valence-corrected chi connectivity index (χ0v) is 16.5. The smallest absolute Gasteiger partial charge is 0.220 e. The summed E-state index contributed by atoms with van der Waals surface area (Å²) in [7, 11) is 0. The fourth-order valence-corrected chi connectivity index (χ4v) is 5.32. The minimum absolute atomic E-state index is 0.235. The van der Waals surface area contributed by atoms with Crippen molar-refractivity contribution in [2.24, 2.45) is 5.92 Å². The van der Waals surface area contributed by atoms with Crippen LogP contribution in [-0.2, 0) is 16.8 Å². The molecule has 28 heavy (non-hydrogen) atoms. The normalized spacial score (nSPS) is 23.6. The van der Waals surface area contributed by atoms with Crippen molar-refractivity contribution in [3.05, 3.63) is 59.5 Å². The highest BCUT2D eigenvalue weighted by atomic mass is 16.3. The van der Waals surface area contributed by atoms with Gasteiger partial charge in [-0.2, -0.15) is 0 Å². The number of amides is 1. The second kappa shape index (κ2) is 7.40. The van der Waals surface area contributed by atoms with Crippen LogP contribution in [0.25, 0.3) is 0 Å². The summed E-state index contributed by atoms with van der Waals surface area (Å²) in [4.78, 5) is 15.0. The number of hydrogen-bond acceptors (Lipinski definition) is 3. The van der Waals surface area contributed by atoms with Crippen LogP contribution in [0.15, 0.2) is 47.1 Å². The van der Waals surface area contributed by atoms with Crippen molar-refractivity contribution < 1.29 is 9.21 Å². The lowest BCUT2D eigenvalue weighted by Crippen LogP contribution is -2.41. The van der Waals surface area contributed by atoms with Crippen LogP contribution in [0.1, 0.15) is 61.3 Å². The lowest BCUT2D eigenvalue weighted by Gasteiger charge is -2.40. The first-order chi connectivity index (χ1) is 13.7. The van der Waals surface area contributed by atoms with E-state index in [1.165, 1.54) is 36.8 Å². The van der Waals surface area contributed by atoms with Crippen LogP contribution >= 0.6 is 0 Å². The molecule has 4 nitrogen and oxygen atoms in total. The Hall–Kier alpha value is -2.07. The summed E-state index contributed by atoms with van der Waals surface area (Å²) >= 11 is 0. The summed E-state index contributed by atoms with van der Waals surface area (Å²) in [5, 5.41) is 3.17. The standard InChI is InChI=1S/C24H30N2O2/c27-23(25-16-18-7-8-18)14-19-15-24(22-6-2-1-5-21(19)22)9-11-26(12-10-24)17-20-4-3-13-28-20/h1-6,13,18-19H,7-12,14-17H2,(H,25,27). The average Bonchev–Trinajstić information content (AvgIpc) is 3.33. The minimum Gasteiger partial charge on any atom is -0.468 e. The Morgan fingerprint density at radius 3 is 2.71 bits per heavy atom. The third-order valence-electron chi connectivity index (χ3n) is 7.10. The highest BCUT2D eigenvalue weighted by Gasteiger charge is 2.45. The molecule has 2 fully saturated rings. The molecule has 1 aliphatic heterocycles. The predicted molar refractivity (Wildman–Crippen MR) is 109 cm³/mol. The second-order valence-corrected chi connectivity index (χ2v) is 9.08. The molecule has 1 spiro atoms. The van der Waals surface area contributed by atoms with Gasteiger partial charge in [-0.05, 0) is 85.7 Å². The first-order valence-corrected chi connectivity index (χ1v) is 10.8. The van der Waals surface area contributed by atoms with E-state index < -0.39 is 0 Å². The number of carbonyl (C=O) groups is 1. The molecule has 1 amide bonds. The Morgan fingerprint density at radius 2 is 1.96 bits per heavy atom. The van der Waals surface area contributed by atoms with Gasteiger partial charge in [-0.15, -0.1) is 0 Å². The fraction of sp³-hybridized carbons (Fsp3) is 0.542. The van der Waals surface area contributed by atoms with Crippen molar-refractivity contribution in [3.8, 4) is 0 Å². The van der Waals surface area contributed by atoms with Crippen LogP contribution in [0.3, 0.4) is 0 Å². The van der Waals surface area contributed by atoms with Crippen LogP contribution in [-0.4, -0.2) is 30.4 Å². The molecule has 0 radical (unpaired) electrons. The van der Waals surface area contributed by atoms with Gasteiger partial charge in [-0.3, -0.25) is 9.69 Å². The molecule has 1 atom stereocenters. The fourth-order valence-electron chi connectivity index (χ4n) is 5.32. The number of furan rings is 1. The number of piperidine rings is 1. The summed E-state index contributed by atoms with van der Waals surface area (Å²) in [5.41, 5.74) is 3.17. The lowest BCUT2D eigenvalue weighted by atomic mass is 9.73. The molecular formula is C24H30N2O2. The van der Waals surface area contributed by atoms with Crippen LogP contribution in [0.4, 0.5) is 0 Å². The molecule has 5 rings (SSSR count). The Morgan fingerprint density at radius 1 is 1.14 bits per heavy atom. The molecule has 2 heterocycles. The van der Waals surface area contributed by atoms with E-state index in [-0.39, 0.29) is 11.3 Å². The number of hydrogen-bond donors (Lipinski definition) is 1. The van der Waals surface area contributed by atoms with E-state index in [1.54, 1.807) is 6.26 Å². The third-order valence-corrected chi connectivity index (χ3v) is 7.10. The van der Waals surface area contributed by atoms with E-state index >= 15 is 0 Å². The van der Waals surface area contributed by atoms with Crippen LogP contribution < -0.4 is 5.32 Å². The molecule has 2 aromatic rings. The number of nitrogens with zero attached hydrogens (tertiary/aromatic N) is 1. The lowest BCUT2D eigenvalue weighted by molar-refractivity contribution is -0.121. The summed E-state index contributed by atoms with van der Waals surface area (Å²) in [6, 6.07) is 12.9. The topological polar surface area (TPSA) is 45.5 Å². The second-order valence-electron chi connectivity index (χ2n) is 9.08. The van der Waals surface area contributed by atoms with Crippen molar-refractivity contribution in [3.63, 3.8) is 0 Å². The molecular weight excluding hydrogens is 348 g/mol. The van der Waals surface area contributed by atoms with E-state index in [1.807, 2.05) is 6.07 Å². The highest BCUT2D eigenvalue weighted by molar-refractivity contribution is 5.77. The molecule has 1 saturated carbocycles. The summed E-state index contributed by atoms with van der Waals surface area (Å²) in [6.45, 7) is 3.96. The third kappa shape index (κ3) is 3.62. The van der Waals surface area contributed by atoms with Gasteiger partial charge in [0.15, 0.2) is 0 Å². The average molecular weight is 379 g/mol. The van der Waals surface area contributed by atoms with E-state index in [9.17, 15) is 4.79 Å². The van der Waals surface area contributed by atoms with E-state index in [0.717, 1.165) is 44.3 Å². The first kappa shape index (κ1) is 18.0. The molecule has 1 N–H and O–H groups in total. The molecule has 1 saturated heterocycles. The van der Waals surface area contributed by atoms with Gasteiger partial charge >= 0.3 is 0 Å². The number of benzene rings is 1. The number of rotatable bonds is 6. The van der Waals surface area contributed by atoms with Gasteiger partial charge in [0.2, 0.25) is 5.91 Å². The molecule has 1 aromatic heterocycles. The van der Waals surface area contributed by atoms with Crippen LogP contribution in [0.5, 0.6) is 0 Å². The Bertz CT molecular complexity index is 817. The van der Waals surface area contributed by atoms with Gasteiger partial charge < -0.3 is 9.73 Å². The predicted octanol–water partition coefficient (Wildman–Crippen LogP) is 4.22. The number of likely N-dealkylation sites (tertiary alicyclic amines) is 1. The van der Waals surface area contributed by atoms with Crippen LogP contribution in [0.2, 0.25) is 0 Å². The van der Waals surface area contributed by atoms with Gasteiger partial charge in [0.05, 0.1) is 12.8 Å². The largest absolute Gasteiger partial charge is 0.468 e.